The second-order valence-electron chi connectivity index (χ2n) is 2.88. The van der Waals surface area contributed by atoms with Gasteiger partial charge in [-0.25, -0.2) is 0 Å². The van der Waals surface area contributed by atoms with Gasteiger partial charge in [-0.3, -0.25) is 0 Å². The summed E-state index contributed by atoms with van der Waals surface area (Å²) in [6.45, 7) is 3.52. The Morgan fingerprint density at radius 1 is 1.00 bits per heavy atom. The molecule has 1 spiro atoms. The maximum atomic E-state index is 3.51. The summed E-state index contributed by atoms with van der Waals surface area (Å²) >= 11 is 0. The lowest BCUT2D eigenvalue weighted by Crippen LogP contribution is -2.50. The van der Waals surface area contributed by atoms with Gasteiger partial charge in [0, 0.05) is 25.2 Å². The summed E-state index contributed by atoms with van der Waals surface area (Å²) in [5.41, 5.74) is 0.568. The zero-order valence-electron chi connectivity index (χ0n) is 5.85. The summed E-state index contributed by atoms with van der Waals surface area (Å²) in [7, 11) is 0. The minimum absolute atomic E-state index is 0. The van der Waals surface area contributed by atoms with Gasteiger partial charge >= 0.3 is 0 Å². The Balaban J connectivity index is 0.000000405. The molecule has 4 heteroatoms. The molecular weight excluding hydrogens is 171 g/mol. The van der Waals surface area contributed by atoms with Crippen molar-refractivity contribution in [3.63, 3.8) is 0 Å². The summed E-state index contributed by atoms with van der Waals surface area (Å²) in [5, 5.41) is 6.88. The van der Waals surface area contributed by atoms with Gasteiger partial charge in [-0.15, -0.1) is 24.8 Å². The molecule has 10 heavy (non-hydrogen) atoms. The predicted octanol–water partition coefficient (Wildman–Crippen LogP) is 0.555. The van der Waals surface area contributed by atoms with Crippen LogP contribution >= 0.6 is 24.8 Å². The molecule has 1 aliphatic heterocycles. The molecule has 2 rings (SSSR count). The first-order valence-electron chi connectivity index (χ1n) is 3.37. The van der Waals surface area contributed by atoms with Crippen molar-refractivity contribution in [2.75, 3.05) is 19.6 Å². The largest absolute Gasteiger partial charge is 0.314 e. The number of halogens is 2. The highest BCUT2D eigenvalue weighted by atomic mass is 35.5. The molecule has 2 N–H and O–H groups in total. The van der Waals surface area contributed by atoms with Crippen LogP contribution in [0, 0.1) is 0 Å². The molecule has 1 saturated carbocycles. The molecule has 1 saturated heterocycles. The van der Waals surface area contributed by atoms with Crippen LogP contribution in [-0.4, -0.2) is 25.2 Å². The molecule has 0 radical (unpaired) electrons. The van der Waals surface area contributed by atoms with E-state index in [1.807, 2.05) is 0 Å². The second kappa shape index (κ2) is 3.77. The molecule has 0 atom stereocenters. The highest BCUT2D eigenvalue weighted by Gasteiger charge is 2.42. The third-order valence-electron chi connectivity index (χ3n) is 2.12. The highest BCUT2D eigenvalue weighted by molar-refractivity contribution is 5.85. The van der Waals surface area contributed by atoms with Gasteiger partial charge in [0.1, 0.15) is 0 Å². The van der Waals surface area contributed by atoms with Gasteiger partial charge in [-0.2, -0.15) is 0 Å². The minimum Gasteiger partial charge on any atom is -0.314 e. The molecule has 0 amide bonds. The van der Waals surface area contributed by atoms with Crippen molar-refractivity contribution in [3.8, 4) is 0 Å². The first-order valence-corrected chi connectivity index (χ1v) is 3.37. The topological polar surface area (TPSA) is 24.1 Å². The van der Waals surface area contributed by atoms with E-state index < -0.39 is 0 Å². The summed E-state index contributed by atoms with van der Waals surface area (Å²) in [5.74, 6) is 0. The molecule has 0 aromatic carbocycles. The fourth-order valence-corrected chi connectivity index (χ4v) is 1.31. The van der Waals surface area contributed by atoms with Gasteiger partial charge < -0.3 is 10.6 Å². The van der Waals surface area contributed by atoms with Crippen molar-refractivity contribution in [1.29, 1.82) is 0 Å². The average Bonchev–Trinajstić information content (AvgIpc) is 2.52. The number of piperazine rings is 1. The number of hydrogen-bond donors (Lipinski definition) is 2. The third kappa shape index (κ3) is 1.99. The van der Waals surface area contributed by atoms with E-state index >= 15 is 0 Å². The van der Waals surface area contributed by atoms with Gasteiger partial charge in [0.2, 0.25) is 0 Å². The van der Waals surface area contributed by atoms with Crippen LogP contribution in [0.4, 0.5) is 0 Å². The third-order valence-corrected chi connectivity index (χ3v) is 2.12. The Morgan fingerprint density at radius 2 is 1.70 bits per heavy atom. The van der Waals surface area contributed by atoms with Crippen LogP contribution in [0.5, 0.6) is 0 Å². The lowest BCUT2D eigenvalue weighted by molar-refractivity contribution is 0.403. The van der Waals surface area contributed by atoms with E-state index in [-0.39, 0.29) is 24.8 Å². The fraction of sp³-hybridized carbons (Fsp3) is 1.00. The van der Waals surface area contributed by atoms with Crippen LogP contribution in [0.2, 0.25) is 0 Å². The smallest absolute Gasteiger partial charge is 0.0308 e. The van der Waals surface area contributed by atoms with E-state index in [1.54, 1.807) is 0 Å². The van der Waals surface area contributed by atoms with Crippen LogP contribution in [0.1, 0.15) is 12.8 Å². The molecular formula is C6H14Cl2N2. The fourth-order valence-electron chi connectivity index (χ4n) is 1.31. The quantitative estimate of drug-likeness (QED) is 0.576. The molecule has 1 heterocycles. The maximum Gasteiger partial charge on any atom is 0.0308 e. The number of hydrogen-bond acceptors (Lipinski definition) is 2. The molecule has 0 bridgehead atoms. The van der Waals surface area contributed by atoms with Crippen molar-refractivity contribution in [2.45, 2.75) is 18.4 Å². The van der Waals surface area contributed by atoms with E-state index in [0.717, 1.165) is 6.54 Å². The summed E-state index contributed by atoms with van der Waals surface area (Å²) in [6.07, 6.45) is 2.78. The van der Waals surface area contributed by atoms with Crippen LogP contribution in [0.3, 0.4) is 0 Å². The standard InChI is InChI=1S/C6H12N2.2ClH/c1-2-6(1)5-7-3-4-8-6;;/h7-8H,1-5H2;2*1H. The molecule has 0 aromatic rings. The summed E-state index contributed by atoms with van der Waals surface area (Å²) < 4.78 is 0. The van der Waals surface area contributed by atoms with Gasteiger partial charge in [0.25, 0.3) is 0 Å². The van der Waals surface area contributed by atoms with Gasteiger partial charge in [0.05, 0.1) is 0 Å². The lowest BCUT2D eigenvalue weighted by atomic mass is 10.2. The number of rotatable bonds is 0. The average molecular weight is 185 g/mol. The number of nitrogens with one attached hydrogen (secondary N) is 2. The van der Waals surface area contributed by atoms with Crippen molar-refractivity contribution in [3.05, 3.63) is 0 Å². The second-order valence-corrected chi connectivity index (χ2v) is 2.88. The first kappa shape index (κ1) is 10.5. The van der Waals surface area contributed by atoms with E-state index in [4.69, 9.17) is 0 Å². The van der Waals surface area contributed by atoms with Gasteiger partial charge in [-0.1, -0.05) is 0 Å². The lowest BCUT2D eigenvalue weighted by Gasteiger charge is -2.23. The normalized spacial score (nSPS) is 26.4. The maximum absolute atomic E-state index is 3.51. The Bertz CT molecular complexity index is 95.9. The molecule has 0 aromatic heterocycles. The van der Waals surface area contributed by atoms with E-state index in [9.17, 15) is 0 Å². The molecule has 1 aliphatic carbocycles. The van der Waals surface area contributed by atoms with Crippen LogP contribution < -0.4 is 10.6 Å². The monoisotopic (exact) mass is 184 g/mol. The summed E-state index contributed by atoms with van der Waals surface area (Å²) in [4.78, 5) is 0. The van der Waals surface area contributed by atoms with E-state index in [2.05, 4.69) is 10.6 Å². The molecule has 2 aliphatic rings. The first-order chi connectivity index (χ1) is 3.91. The van der Waals surface area contributed by atoms with E-state index in [1.165, 1.54) is 25.9 Å². The Labute approximate surface area is 74.0 Å². The Hall–Kier alpha value is 0.500. The van der Waals surface area contributed by atoms with Crippen molar-refractivity contribution < 1.29 is 0 Å². The minimum atomic E-state index is 0. The van der Waals surface area contributed by atoms with Crippen LogP contribution in [0.15, 0.2) is 0 Å². The molecule has 2 fully saturated rings. The predicted molar refractivity (Wildman–Crippen MR) is 47.3 cm³/mol. The SMILES string of the molecule is C1CNC2(CC2)CN1.Cl.Cl. The van der Waals surface area contributed by atoms with Crippen LogP contribution in [-0.2, 0) is 0 Å². The van der Waals surface area contributed by atoms with Crippen LogP contribution in [0.25, 0.3) is 0 Å². The highest BCUT2D eigenvalue weighted by Crippen LogP contribution is 2.34. The zero-order valence-corrected chi connectivity index (χ0v) is 7.49. The van der Waals surface area contributed by atoms with Crippen molar-refractivity contribution in [1.82, 2.24) is 10.6 Å². The zero-order chi connectivity index (χ0) is 5.45. The Kier molecular flexibility index (Phi) is 3.95. The van der Waals surface area contributed by atoms with Crippen molar-refractivity contribution >= 4 is 24.8 Å². The Morgan fingerprint density at radius 3 is 2.00 bits per heavy atom. The molecule has 0 unspecified atom stereocenters. The van der Waals surface area contributed by atoms with Gasteiger partial charge in [0.15, 0.2) is 0 Å². The van der Waals surface area contributed by atoms with Crippen molar-refractivity contribution in [2.24, 2.45) is 0 Å². The molecule has 62 valence electrons. The molecule has 2 nitrogen and oxygen atoms in total. The van der Waals surface area contributed by atoms with E-state index in [0.29, 0.717) is 5.54 Å². The summed E-state index contributed by atoms with van der Waals surface area (Å²) in [6, 6.07) is 0. The van der Waals surface area contributed by atoms with Gasteiger partial charge in [-0.05, 0) is 12.8 Å².